The zero-order chi connectivity index (χ0) is 13.8. The van der Waals surface area contributed by atoms with E-state index in [0.717, 1.165) is 5.56 Å². The van der Waals surface area contributed by atoms with Crippen molar-refractivity contribution in [2.75, 3.05) is 23.9 Å². The summed E-state index contributed by atoms with van der Waals surface area (Å²) in [5.74, 6) is 6.72. The lowest BCUT2D eigenvalue weighted by Crippen LogP contribution is -2.37. The zero-order valence-electron chi connectivity index (χ0n) is 10.9. The van der Waals surface area contributed by atoms with Crippen molar-refractivity contribution >= 4 is 11.6 Å². The monoisotopic (exact) mass is 255 g/mol. The van der Waals surface area contributed by atoms with Crippen LogP contribution in [0.2, 0.25) is 0 Å². The average Bonchev–Trinajstić information content (AvgIpc) is 2.35. The molecule has 0 spiro atoms. The maximum atomic E-state index is 9.74. The number of aliphatic hydroxyl groups excluding tert-OH is 1. The fourth-order valence-electron chi connectivity index (χ4n) is 1.53. The quantitative estimate of drug-likeness (QED) is 0.360. The highest BCUT2D eigenvalue weighted by Crippen LogP contribution is 2.27. The molecule has 0 aliphatic rings. The number of aromatic nitrogens is 2. The van der Waals surface area contributed by atoms with Crippen LogP contribution in [0.25, 0.3) is 0 Å². The molecule has 0 saturated heterocycles. The standard InChI is InChI=1S/C11H21N5O2/c1-7(2)8-9(13-4-11(3,18)5-17)14-6-15-10(8)16-12/h6-7,17-18H,4-5,12H2,1-3H3,(H2,13,14,15,16). The molecule has 1 unspecified atom stereocenters. The molecule has 0 aromatic carbocycles. The van der Waals surface area contributed by atoms with Gasteiger partial charge in [0.1, 0.15) is 23.6 Å². The van der Waals surface area contributed by atoms with Crippen molar-refractivity contribution in [3.63, 3.8) is 0 Å². The van der Waals surface area contributed by atoms with Crippen LogP contribution in [0.15, 0.2) is 6.33 Å². The minimum Gasteiger partial charge on any atom is -0.393 e. The van der Waals surface area contributed by atoms with Gasteiger partial charge in [-0.05, 0) is 12.8 Å². The van der Waals surface area contributed by atoms with Crippen LogP contribution in [0.1, 0.15) is 32.3 Å². The second-order valence-electron chi connectivity index (χ2n) is 4.79. The minimum atomic E-state index is -1.20. The van der Waals surface area contributed by atoms with Crippen LogP contribution in [-0.2, 0) is 0 Å². The Hall–Kier alpha value is -1.44. The third-order valence-electron chi connectivity index (χ3n) is 2.58. The van der Waals surface area contributed by atoms with Gasteiger partial charge in [0.25, 0.3) is 0 Å². The zero-order valence-corrected chi connectivity index (χ0v) is 10.9. The lowest BCUT2D eigenvalue weighted by Gasteiger charge is -2.23. The molecular formula is C11H21N5O2. The molecule has 0 fully saturated rings. The van der Waals surface area contributed by atoms with Crippen LogP contribution in [-0.4, -0.2) is 38.9 Å². The Morgan fingerprint density at radius 1 is 1.39 bits per heavy atom. The summed E-state index contributed by atoms with van der Waals surface area (Å²) in [4.78, 5) is 8.18. The fraction of sp³-hybridized carbons (Fsp3) is 0.636. The number of hydrogen-bond acceptors (Lipinski definition) is 7. The first-order chi connectivity index (χ1) is 8.41. The van der Waals surface area contributed by atoms with Gasteiger partial charge in [0.2, 0.25) is 0 Å². The van der Waals surface area contributed by atoms with Gasteiger partial charge >= 0.3 is 0 Å². The Morgan fingerprint density at radius 3 is 2.50 bits per heavy atom. The maximum absolute atomic E-state index is 9.74. The average molecular weight is 255 g/mol. The van der Waals surface area contributed by atoms with Crippen molar-refractivity contribution < 1.29 is 10.2 Å². The lowest BCUT2D eigenvalue weighted by atomic mass is 10.0. The third-order valence-corrected chi connectivity index (χ3v) is 2.58. The molecule has 0 saturated carbocycles. The summed E-state index contributed by atoms with van der Waals surface area (Å²) in [5.41, 5.74) is 2.17. The van der Waals surface area contributed by atoms with E-state index in [-0.39, 0.29) is 19.1 Å². The van der Waals surface area contributed by atoms with Gasteiger partial charge in [-0.15, -0.1) is 0 Å². The summed E-state index contributed by atoms with van der Waals surface area (Å²) in [6, 6.07) is 0. The van der Waals surface area contributed by atoms with Crippen LogP contribution >= 0.6 is 0 Å². The number of anilines is 2. The molecule has 1 atom stereocenters. The van der Waals surface area contributed by atoms with E-state index in [4.69, 9.17) is 10.9 Å². The first kappa shape index (κ1) is 14.6. The molecule has 6 N–H and O–H groups in total. The molecule has 0 aliphatic heterocycles. The molecule has 18 heavy (non-hydrogen) atoms. The van der Waals surface area contributed by atoms with Crippen LogP contribution < -0.4 is 16.6 Å². The Labute approximate surface area is 106 Å². The summed E-state index contributed by atoms with van der Waals surface area (Å²) >= 11 is 0. The number of aliphatic hydroxyl groups is 2. The molecule has 0 aliphatic carbocycles. The number of hydrogen-bond donors (Lipinski definition) is 5. The number of nitrogens with zero attached hydrogens (tertiary/aromatic N) is 2. The Morgan fingerprint density at radius 2 is 2.00 bits per heavy atom. The van der Waals surface area contributed by atoms with Crippen molar-refractivity contribution in [3.8, 4) is 0 Å². The van der Waals surface area contributed by atoms with Gasteiger partial charge in [-0.25, -0.2) is 15.8 Å². The van der Waals surface area contributed by atoms with E-state index in [9.17, 15) is 5.11 Å². The van der Waals surface area contributed by atoms with Crippen molar-refractivity contribution in [2.24, 2.45) is 5.84 Å². The molecule has 7 nitrogen and oxygen atoms in total. The van der Waals surface area contributed by atoms with E-state index in [2.05, 4.69) is 20.7 Å². The molecule has 1 aromatic rings. The van der Waals surface area contributed by atoms with E-state index in [1.807, 2.05) is 13.8 Å². The topological polar surface area (TPSA) is 116 Å². The summed E-state index contributed by atoms with van der Waals surface area (Å²) in [5, 5.41) is 21.7. The first-order valence-electron chi connectivity index (χ1n) is 5.80. The van der Waals surface area contributed by atoms with Gasteiger partial charge in [-0.3, -0.25) is 0 Å². The highest BCUT2D eigenvalue weighted by Gasteiger charge is 2.21. The second kappa shape index (κ2) is 5.94. The minimum absolute atomic E-state index is 0.166. The van der Waals surface area contributed by atoms with Crippen molar-refractivity contribution in [1.82, 2.24) is 9.97 Å². The normalized spacial score (nSPS) is 14.4. The van der Waals surface area contributed by atoms with Crippen molar-refractivity contribution in [3.05, 3.63) is 11.9 Å². The van der Waals surface area contributed by atoms with Crippen LogP contribution in [0.5, 0.6) is 0 Å². The highest BCUT2D eigenvalue weighted by atomic mass is 16.3. The summed E-state index contributed by atoms with van der Waals surface area (Å²) in [6.07, 6.45) is 1.39. The van der Waals surface area contributed by atoms with Crippen molar-refractivity contribution in [2.45, 2.75) is 32.3 Å². The van der Waals surface area contributed by atoms with Crippen LogP contribution in [0, 0.1) is 0 Å². The largest absolute Gasteiger partial charge is 0.393 e. The Bertz CT molecular complexity index is 395. The third kappa shape index (κ3) is 3.52. The molecule has 1 aromatic heterocycles. The molecule has 0 bridgehead atoms. The number of nitrogens with one attached hydrogen (secondary N) is 2. The molecule has 0 amide bonds. The SMILES string of the molecule is CC(C)c1c(NN)ncnc1NCC(C)(O)CO. The number of nitrogens with two attached hydrogens (primary N) is 1. The molecule has 0 radical (unpaired) electrons. The van der Waals surface area contributed by atoms with Gasteiger partial charge < -0.3 is 21.0 Å². The van der Waals surface area contributed by atoms with E-state index in [0.29, 0.717) is 11.6 Å². The molecule has 7 heteroatoms. The number of hydrazine groups is 1. The fourth-order valence-corrected chi connectivity index (χ4v) is 1.53. The summed E-state index contributed by atoms with van der Waals surface area (Å²) < 4.78 is 0. The molecule has 1 heterocycles. The maximum Gasteiger partial charge on any atom is 0.148 e. The second-order valence-corrected chi connectivity index (χ2v) is 4.79. The first-order valence-corrected chi connectivity index (χ1v) is 5.80. The summed E-state index contributed by atoms with van der Waals surface area (Å²) in [6.45, 7) is 5.39. The van der Waals surface area contributed by atoms with Crippen LogP contribution in [0.3, 0.4) is 0 Å². The Balaban J connectivity index is 2.95. The summed E-state index contributed by atoms with van der Waals surface area (Å²) in [7, 11) is 0. The van der Waals surface area contributed by atoms with E-state index in [1.165, 1.54) is 6.33 Å². The number of nitrogen functional groups attached to an aromatic ring is 1. The van der Waals surface area contributed by atoms with E-state index in [1.54, 1.807) is 6.92 Å². The Kier molecular flexibility index (Phi) is 4.83. The smallest absolute Gasteiger partial charge is 0.148 e. The van der Waals surface area contributed by atoms with Gasteiger partial charge in [0, 0.05) is 12.1 Å². The molecular weight excluding hydrogens is 234 g/mol. The van der Waals surface area contributed by atoms with Crippen LogP contribution in [0.4, 0.5) is 11.6 Å². The van der Waals surface area contributed by atoms with Gasteiger partial charge in [0.15, 0.2) is 0 Å². The van der Waals surface area contributed by atoms with Gasteiger partial charge in [-0.2, -0.15) is 0 Å². The molecule has 1 rings (SSSR count). The number of rotatable bonds is 6. The highest BCUT2D eigenvalue weighted by molar-refractivity contribution is 5.58. The van der Waals surface area contributed by atoms with E-state index >= 15 is 0 Å². The predicted molar refractivity (Wildman–Crippen MR) is 70.1 cm³/mol. The van der Waals surface area contributed by atoms with E-state index < -0.39 is 5.60 Å². The lowest BCUT2D eigenvalue weighted by molar-refractivity contribution is 0.0131. The van der Waals surface area contributed by atoms with Crippen molar-refractivity contribution in [1.29, 1.82) is 0 Å². The van der Waals surface area contributed by atoms with Gasteiger partial charge in [0.05, 0.1) is 6.61 Å². The molecule has 102 valence electrons. The van der Waals surface area contributed by atoms with Gasteiger partial charge in [-0.1, -0.05) is 13.8 Å². The predicted octanol–water partition coefficient (Wildman–Crippen LogP) is 0.0408.